The van der Waals surface area contributed by atoms with Gasteiger partial charge in [0.2, 0.25) is 0 Å². The average Bonchev–Trinajstić information content (AvgIpc) is 3.10. The Bertz CT molecular complexity index is 996. The lowest BCUT2D eigenvalue weighted by Gasteiger charge is -2.22. The molecule has 0 amide bonds. The van der Waals surface area contributed by atoms with Gasteiger partial charge in [-0.25, -0.2) is 17.9 Å². The van der Waals surface area contributed by atoms with Crippen LogP contribution in [-0.4, -0.2) is 51.1 Å². The monoisotopic (exact) mass is 437 g/mol. The standard InChI is InChI=1S/C20H27N3O6S/c1-4-23-19(11-14(2)21-23)22-30(25,26)16-5-6-18(17(12-16)20(24)27-3)29-13-15-7-9-28-10-8-15/h5-6,11-12,15,22H,4,7-10,13H2,1-3H3. The quantitative estimate of drug-likeness (QED) is 0.632. The summed E-state index contributed by atoms with van der Waals surface area (Å²) in [5, 5.41) is 4.24. The molecule has 2 aromatic rings. The predicted molar refractivity (Wildman–Crippen MR) is 110 cm³/mol. The minimum atomic E-state index is -3.94. The van der Waals surface area contributed by atoms with Gasteiger partial charge in [0.25, 0.3) is 10.0 Å². The SMILES string of the molecule is CCn1nc(C)cc1NS(=O)(=O)c1ccc(OCC2CCOCC2)c(C(=O)OC)c1. The third-order valence-corrected chi connectivity index (χ3v) is 6.28. The van der Waals surface area contributed by atoms with Gasteiger partial charge >= 0.3 is 5.97 Å². The largest absolute Gasteiger partial charge is 0.492 e. The number of nitrogens with one attached hydrogen (secondary N) is 1. The van der Waals surface area contributed by atoms with Crippen LogP contribution in [0.25, 0.3) is 0 Å². The van der Waals surface area contributed by atoms with E-state index in [9.17, 15) is 13.2 Å². The molecule has 1 aliphatic rings. The minimum Gasteiger partial charge on any atom is -0.492 e. The first-order valence-electron chi connectivity index (χ1n) is 9.84. The highest BCUT2D eigenvalue weighted by atomic mass is 32.2. The molecule has 30 heavy (non-hydrogen) atoms. The molecule has 1 fully saturated rings. The third kappa shape index (κ3) is 5.11. The number of ether oxygens (including phenoxy) is 3. The Hall–Kier alpha value is -2.59. The van der Waals surface area contributed by atoms with Gasteiger partial charge < -0.3 is 14.2 Å². The van der Waals surface area contributed by atoms with Crippen molar-refractivity contribution in [3.8, 4) is 5.75 Å². The number of aryl methyl sites for hydroxylation is 2. The Balaban J connectivity index is 1.84. The number of esters is 1. The van der Waals surface area contributed by atoms with E-state index >= 15 is 0 Å². The van der Waals surface area contributed by atoms with Gasteiger partial charge in [0, 0.05) is 25.8 Å². The summed E-state index contributed by atoms with van der Waals surface area (Å²) in [7, 11) is -2.70. The van der Waals surface area contributed by atoms with Gasteiger partial charge in [0.05, 0.1) is 24.3 Å². The summed E-state index contributed by atoms with van der Waals surface area (Å²) in [6.07, 6.45) is 1.77. The Kier molecular flexibility index (Phi) is 6.99. The van der Waals surface area contributed by atoms with Crippen LogP contribution < -0.4 is 9.46 Å². The van der Waals surface area contributed by atoms with E-state index in [0.29, 0.717) is 49.5 Å². The predicted octanol–water partition coefficient (Wildman–Crippen LogP) is 2.60. The van der Waals surface area contributed by atoms with Crippen molar-refractivity contribution in [3.63, 3.8) is 0 Å². The normalized spacial score (nSPS) is 15.0. The summed E-state index contributed by atoms with van der Waals surface area (Å²) >= 11 is 0. The highest BCUT2D eigenvalue weighted by Gasteiger charge is 2.23. The molecule has 9 nitrogen and oxygen atoms in total. The minimum absolute atomic E-state index is 0.0626. The maximum Gasteiger partial charge on any atom is 0.341 e. The molecule has 0 bridgehead atoms. The Morgan fingerprint density at radius 2 is 2.03 bits per heavy atom. The molecule has 1 saturated heterocycles. The van der Waals surface area contributed by atoms with E-state index in [0.717, 1.165) is 12.8 Å². The van der Waals surface area contributed by atoms with E-state index in [-0.39, 0.29) is 10.5 Å². The molecule has 0 aliphatic carbocycles. The highest BCUT2D eigenvalue weighted by Crippen LogP contribution is 2.27. The zero-order chi connectivity index (χ0) is 21.7. The van der Waals surface area contributed by atoms with Gasteiger partial charge in [-0.15, -0.1) is 0 Å². The van der Waals surface area contributed by atoms with Crippen molar-refractivity contribution >= 4 is 21.8 Å². The van der Waals surface area contributed by atoms with Crippen LogP contribution in [0.2, 0.25) is 0 Å². The van der Waals surface area contributed by atoms with Crippen molar-refractivity contribution in [2.75, 3.05) is 31.7 Å². The van der Waals surface area contributed by atoms with Crippen molar-refractivity contribution in [2.45, 2.75) is 38.1 Å². The Morgan fingerprint density at radius 3 is 2.70 bits per heavy atom. The lowest BCUT2D eigenvalue weighted by atomic mass is 10.0. The van der Waals surface area contributed by atoms with E-state index in [4.69, 9.17) is 14.2 Å². The van der Waals surface area contributed by atoms with Crippen molar-refractivity contribution in [1.29, 1.82) is 0 Å². The number of sulfonamides is 1. The number of anilines is 1. The molecule has 0 radical (unpaired) electrons. The summed E-state index contributed by atoms with van der Waals surface area (Å²) in [6, 6.07) is 5.82. The second kappa shape index (κ2) is 9.48. The Morgan fingerprint density at radius 1 is 1.30 bits per heavy atom. The molecule has 0 spiro atoms. The average molecular weight is 438 g/mol. The fourth-order valence-corrected chi connectivity index (χ4v) is 4.34. The molecule has 3 rings (SSSR count). The number of hydrogen-bond acceptors (Lipinski definition) is 7. The van der Waals surface area contributed by atoms with E-state index in [1.165, 1.54) is 25.3 Å². The van der Waals surface area contributed by atoms with Crippen LogP contribution in [0, 0.1) is 12.8 Å². The first-order valence-corrected chi connectivity index (χ1v) is 11.3. The van der Waals surface area contributed by atoms with E-state index in [1.54, 1.807) is 17.7 Å². The zero-order valence-electron chi connectivity index (χ0n) is 17.4. The summed E-state index contributed by atoms with van der Waals surface area (Å²) < 4.78 is 45.9. The molecule has 10 heteroatoms. The summed E-state index contributed by atoms with van der Waals surface area (Å²) in [5.74, 6) is 0.312. The van der Waals surface area contributed by atoms with Gasteiger partial charge in [-0.2, -0.15) is 5.10 Å². The van der Waals surface area contributed by atoms with Crippen LogP contribution >= 0.6 is 0 Å². The Labute approximate surface area is 176 Å². The molecule has 1 aromatic heterocycles. The fraction of sp³-hybridized carbons (Fsp3) is 0.500. The lowest BCUT2D eigenvalue weighted by Crippen LogP contribution is -2.22. The number of carbonyl (C=O) groups excluding carboxylic acids is 1. The van der Waals surface area contributed by atoms with Gasteiger partial charge in [-0.05, 0) is 50.8 Å². The summed E-state index contributed by atoms with van der Waals surface area (Å²) in [6.45, 7) is 5.96. The number of carbonyl (C=O) groups is 1. The molecular formula is C20H27N3O6S. The molecule has 1 N–H and O–H groups in total. The van der Waals surface area contributed by atoms with Crippen LogP contribution in [0.4, 0.5) is 5.82 Å². The summed E-state index contributed by atoms with van der Waals surface area (Å²) in [4.78, 5) is 12.2. The fourth-order valence-electron chi connectivity index (χ4n) is 3.26. The van der Waals surface area contributed by atoms with Crippen molar-refractivity contribution in [3.05, 3.63) is 35.5 Å². The second-order valence-electron chi connectivity index (χ2n) is 7.11. The topological polar surface area (TPSA) is 109 Å². The van der Waals surface area contributed by atoms with E-state index in [2.05, 4.69) is 9.82 Å². The second-order valence-corrected chi connectivity index (χ2v) is 8.79. The van der Waals surface area contributed by atoms with Crippen molar-refractivity contribution in [1.82, 2.24) is 9.78 Å². The number of nitrogens with zero attached hydrogens (tertiary/aromatic N) is 2. The van der Waals surface area contributed by atoms with Gasteiger partial charge in [0.15, 0.2) is 0 Å². The molecule has 1 aromatic carbocycles. The molecular weight excluding hydrogens is 410 g/mol. The lowest BCUT2D eigenvalue weighted by molar-refractivity contribution is 0.0483. The maximum absolute atomic E-state index is 12.9. The highest BCUT2D eigenvalue weighted by molar-refractivity contribution is 7.92. The van der Waals surface area contributed by atoms with Crippen LogP contribution in [-0.2, 0) is 26.0 Å². The summed E-state index contributed by atoms with van der Waals surface area (Å²) in [5.41, 5.74) is 0.759. The first-order chi connectivity index (χ1) is 14.3. The number of hydrogen-bond donors (Lipinski definition) is 1. The number of aromatic nitrogens is 2. The first kappa shape index (κ1) is 22.1. The van der Waals surface area contributed by atoms with Crippen LogP contribution in [0.1, 0.15) is 35.8 Å². The zero-order valence-corrected chi connectivity index (χ0v) is 18.2. The molecule has 0 unspecified atom stereocenters. The third-order valence-electron chi connectivity index (χ3n) is 4.92. The van der Waals surface area contributed by atoms with Crippen molar-refractivity contribution < 1.29 is 27.4 Å². The number of methoxy groups -OCH3 is 1. The smallest absolute Gasteiger partial charge is 0.341 e. The van der Waals surface area contributed by atoms with Gasteiger partial charge in [-0.1, -0.05) is 0 Å². The number of benzene rings is 1. The van der Waals surface area contributed by atoms with E-state index < -0.39 is 16.0 Å². The molecule has 0 saturated carbocycles. The number of rotatable bonds is 8. The van der Waals surface area contributed by atoms with Gasteiger partial charge in [0.1, 0.15) is 17.1 Å². The molecule has 164 valence electrons. The molecule has 1 aliphatic heterocycles. The molecule has 0 atom stereocenters. The molecule has 2 heterocycles. The van der Waals surface area contributed by atoms with E-state index in [1.807, 2.05) is 6.92 Å². The van der Waals surface area contributed by atoms with Crippen LogP contribution in [0.5, 0.6) is 5.75 Å². The van der Waals surface area contributed by atoms with Crippen LogP contribution in [0.15, 0.2) is 29.2 Å². The van der Waals surface area contributed by atoms with Crippen LogP contribution in [0.3, 0.4) is 0 Å². The van der Waals surface area contributed by atoms with Gasteiger partial charge in [-0.3, -0.25) is 4.72 Å². The van der Waals surface area contributed by atoms with Crippen molar-refractivity contribution in [2.24, 2.45) is 5.92 Å². The maximum atomic E-state index is 12.9.